The summed E-state index contributed by atoms with van der Waals surface area (Å²) in [6.45, 7) is 2.52. The topological polar surface area (TPSA) is 79.7 Å². The molecule has 1 aromatic heterocycles. The molecule has 0 saturated heterocycles. The van der Waals surface area contributed by atoms with Crippen molar-refractivity contribution >= 4 is 23.5 Å². The highest BCUT2D eigenvalue weighted by atomic mass is 35.5. The van der Waals surface area contributed by atoms with Crippen LogP contribution in [0.15, 0.2) is 48.5 Å². The van der Waals surface area contributed by atoms with Gasteiger partial charge in [0.15, 0.2) is 5.69 Å². The highest BCUT2D eigenvalue weighted by Crippen LogP contribution is 2.34. The van der Waals surface area contributed by atoms with Crippen molar-refractivity contribution in [2.45, 2.75) is 13.3 Å². The highest BCUT2D eigenvalue weighted by molar-refractivity contribution is 6.32. The fourth-order valence-corrected chi connectivity index (χ4v) is 3.17. The second-order valence-corrected chi connectivity index (χ2v) is 6.70. The number of nitrogens with zero attached hydrogens (tertiary/aromatic N) is 2. The molecule has 0 bridgehead atoms. The zero-order valence-electron chi connectivity index (χ0n) is 16.8. The Balaban J connectivity index is 2.24. The summed E-state index contributed by atoms with van der Waals surface area (Å²) < 4.78 is 16.8. The number of hydrogen-bond donors (Lipinski definition) is 0. The SMILES string of the molecule is CCCOc1ccc(-c2nn(-c3ccccc3)c(C(=O)OC)c2C(=O)OC)cc1Cl. The molecule has 0 aliphatic carbocycles. The van der Waals surface area contributed by atoms with Crippen molar-refractivity contribution in [3.05, 3.63) is 64.8 Å². The third kappa shape index (κ3) is 4.16. The van der Waals surface area contributed by atoms with E-state index in [0.29, 0.717) is 28.6 Å². The first kappa shape index (κ1) is 21.4. The minimum atomic E-state index is -0.716. The van der Waals surface area contributed by atoms with E-state index in [2.05, 4.69) is 5.10 Å². The maximum absolute atomic E-state index is 12.6. The molecule has 3 rings (SSSR count). The minimum absolute atomic E-state index is 0.00787. The lowest BCUT2D eigenvalue weighted by Crippen LogP contribution is -2.15. The summed E-state index contributed by atoms with van der Waals surface area (Å²) in [6, 6.07) is 14.0. The monoisotopic (exact) mass is 428 g/mol. The second-order valence-electron chi connectivity index (χ2n) is 6.30. The molecule has 0 spiro atoms. The number of para-hydroxylation sites is 1. The lowest BCUT2D eigenvalue weighted by atomic mass is 10.1. The largest absolute Gasteiger partial charge is 0.492 e. The molecule has 0 amide bonds. The fraction of sp³-hybridized carbons (Fsp3) is 0.227. The van der Waals surface area contributed by atoms with Crippen molar-refractivity contribution in [2.75, 3.05) is 20.8 Å². The van der Waals surface area contributed by atoms with E-state index < -0.39 is 11.9 Å². The van der Waals surface area contributed by atoms with E-state index in [4.69, 9.17) is 25.8 Å². The van der Waals surface area contributed by atoms with E-state index in [-0.39, 0.29) is 17.0 Å². The van der Waals surface area contributed by atoms with Crippen LogP contribution in [-0.4, -0.2) is 42.5 Å². The van der Waals surface area contributed by atoms with Crippen molar-refractivity contribution in [1.82, 2.24) is 9.78 Å². The van der Waals surface area contributed by atoms with Crippen molar-refractivity contribution in [1.29, 1.82) is 0 Å². The zero-order valence-corrected chi connectivity index (χ0v) is 17.6. The number of halogens is 1. The molecular weight excluding hydrogens is 408 g/mol. The zero-order chi connectivity index (χ0) is 21.7. The first-order valence-corrected chi connectivity index (χ1v) is 9.67. The van der Waals surface area contributed by atoms with Crippen LogP contribution in [0.1, 0.15) is 34.2 Å². The molecule has 0 aliphatic rings. The summed E-state index contributed by atoms with van der Waals surface area (Å²) in [5.74, 6) is -0.903. The Morgan fingerprint density at radius 2 is 1.73 bits per heavy atom. The van der Waals surface area contributed by atoms with Crippen LogP contribution in [0.3, 0.4) is 0 Å². The summed E-state index contributed by atoms with van der Waals surface area (Å²) in [7, 11) is 2.48. The van der Waals surface area contributed by atoms with Crippen molar-refractivity contribution in [2.24, 2.45) is 0 Å². The summed E-state index contributed by atoms with van der Waals surface area (Å²) in [5.41, 5.74) is 1.32. The Bertz CT molecular complexity index is 1060. The maximum Gasteiger partial charge on any atom is 0.357 e. The van der Waals surface area contributed by atoms with Crippen molar-refractivity contribution in [3.63, 3.8) is 0 Å². The predicted molar refractivity (Wildman–Crippen MR) is 112 cm³/mol. The Kier molecular flexibility index (Phi) is 6.74. The minimum Gasteiger partial charge on any atom is -0.492 e. The van der Waals surface area contributed by atoms with Gasteiger partial charge in [-0.05, 0) is 36.8 Å². The van der Waals surface area contributed by atoms with Gasteiger partial charge in [-0.3, -0.25) is 0 Å². The Morgan fingerprint density at radius 3 is 2.33 bits per heavy atom. The van der Waals surface area contributed by atoms with Crippen LogP contribution in [0.25, 0.3) is 16.9 Å². The summed E-state index contributed by atoms with van der Waals surface area (Å²) in [5, 5.41) is 4.90. The normalized spacial score (nSPS) is 10.5. The molecule has 0 fully saturated rings. The van der Waals surface area contributed by atoms with Crippen molar-refractivity contribution < 1.29 is 23.8 Å². The predicted octanol–water partition coefficient (Wildman–Crippen LogP) is 4.55. The molecule has 0 aliphatic heterocycles. The summed E-state index contributed by atoms with van der Waals surface area (Å²) in [4.78, 5) is 25.2. The Labute approximate surface area is 179 Å². The van der Waals surface area contributed by atoms with Crippen LogP contribution < -0.4 is 4.74 Å². The second kappa shape index (κ2) is 9.45. The van der Waals surface area contributed by atoms with E-state index >= 15 is 0 Å². The van der Waals surface area contributed by atoms with Gasteiger partial charge in [-0.25, -0.2) is 14.3 Å². The molecule has 30 heavy (non-hydrogen) atoms. The fourth-order valence-electron chi connectivity index (χ4n) is 2.93. The number of rotatable bonds is 7. The number of aromatic nitrogens is 2. The Hall–Kier alpha value is -3.32. The van der Waals surface area contributed by atoms with E-state index in [9.17, 15) is 9.59 Å². The van der Waals surface area contributed by atoms with Crippen LogP contribution >= 0.6 is 11.6 Å². The van der Waals surface area contributed by atoms with Gasteiger partial charge in [0.25, 0.3) is 0 Å². The number of carbonyl (C=O) groups excluding carboxylic acids is 2. The van der Waals surface area contributed by atoms with Crippen LogP contribution in [0.2, 0.25) is 5.02 Å². The maximum atomic E-state index is 12.6. The van der Waals surface area contributed by atoms with Gasteiger partial charge in [-0.1, -0.05) is 36.7 Å². The number of benzene rings is 2. The van der Waals surface area contributed by atoms with E-state index in [0.717, 1.165) is 6.42 Å². The molecule has 8 heteroatoms. The summed E-state index contributed by atoms with van der Waals surface area (Å²) >= 11 is 6.37. The molecule has 7 nitrogen and oxygen atoms in total. The average molecular weight is 429 g/mol. The van der Waals surface area contributed by atoms with Crippen LogP contribution in [0.4, 0.5) is 0 Å². The van der Waals surface area contributed by atoms with E-state index in [1.165, 1.54) is 18.9 Å². The Morgan fingerprint density at radius 1 is 1.03 bits per heavy atom. The quantitative estimate of drug-likeness (QED) is 0.513. The molecule has 156 valence electrons. The highest BCUT2D eigenvalue weighted by Gasteiger charge is 2.31. The molecule has 0 radical (unpaired) electrons. The van der Waals surface area contributed by atoms with Crippen molar-refractivity contribution in [3.8, 4) is 22.7 Å². The number of hydrogen-bond acceptors (Lipinski definition) is 6. The number of esters is 2. The van der Waals surface area contributed by atoms with Gasteiger partial charge in [0.05, 0.1) is 31.5 Å². The van der Waals surface area contributed by atoms with Gasteiger partial charge in [-0.2, -0.15) is 5.10 Å². The van der Waals surface area contributed by atoms with Gasteiger partial charge in [0, 0.05) is 5.56 Å². The standard InChI is InChI=1S/C22H21ClN2O5/c1-4-12-30-17-11-10-14(13-16(17)23)19-18(21(26)28-2)20(22(27)29-3)25(24-19)15-8-6-5-7-9-15/h5-11,13H,4,12H2,1-3H3. The first-order valence-electron chi connectivity index (χ1n) is 9.29. The van der Waals surface area contributed by atoms with Gasteiger partial charge in [0.2, 0.25) is 0 Å². The van der Waals surface area contributed by atoms with Crippen LogP contribution in [0.5, 0.6) is 5.75 Å². The molecule has 0 N–H and O–H groups in total. The number of ether oxygens (including phenoxy) is 3. The van der Waals surface area contributed by atoms with Gasteiger partial charge >= 0.3 is 11.9 Å². The number of carbonyl (C=O) groups is 2. The molecule has 3 aromatic rings. The molecule has 2 aromatic carbocycles. The third-order valence-electron chi connectivity index (χ3n) is 4.32. The van der Waals surface area contributed by atoms with E-state index in [1.54, 1.807) is 42.5 Å². The lowest BCUT2D eigenvalue weighted by molar-refractivity contribution is 0.0549. The molecule has 0 saturated carbocycles. The smallest absolute Gasteiger partial charge is 0.357 e. The first-order chi connectivity index (χ1) is 14.5. The average Bonchev–Trinajstić information content (AvgIpc) is 3.18. The molecular formula is C22H21ClN2O5. The van der Waals surface area contributed by atoms with Gasteiger partial charge < -0.3 is 14.2 Å². The van der Waals surface area contributed by atoms with Gasteiger partial charge in [-0.15, -0.1) is 0 Å². The van der Waals surface area contributed by atoms with Crippen LogP contribution in [-0.2, 0) is 9.47 Å². The molecule has 1 heterocycles. The summed E-state index contributed by atoms with van der Waals surface area (Å²) in [6.07, 6.45) is 0.842. The van der Waals surface area contributed by atoms with Crippen LogP contribution in [0, 0.1) is 0 Å². The lowest BCUT2D eigenvalue weighted by Gasteiger charge is -2.08. The van der Waals surface area contributed by atoms with E-state index in [1.807, 2.05) is 13.0 Å². The molecule has 0 unspecified atom stereocenters. The molecule has 0 atom stereocenters. The van der Waals surface area contributed by atoms with Gasteiger partial charge in [0.1, 0.15) is 17.0 Å². The third-order valence-corrected chi connectivity index (χ3v) is 4.62. The number of methoxy groups -OCH3 is 2.